The molecule has 0 radical (unpaired) electrons. The number of hydrogen-bond acceptors (Lipinski definition) is 8. The van der Waals surface area contributed by atoms with Gasteiger partial charge in [-0.05, 0) is 83.0 Å². The summed E-state index contributed by atoms with van der Waals surface area (Å²) in [4.78, 5) is 39.2. The second kappa shape index (κ2) is 10.6. The van der Waals surface area contributed by atoms with Crippen molar-refractivity contribution in [2.75, 3.05) is 43.4 Å². The molecule has 10 heteroatoms. The van der Waals surface area contributed by atoms with Crippen molar-refractivity contribution in [3.05, 3.63) is 12.3 Å². The van der Waals surface area contributed by atoms with Crippen LogP contribution in [0, 0.1) is 11.8 Å². The first-order valence-electron chi connectivity index (χ1n) is 13.3. The van der Waals surface area contributed by atoms with E-state index >= 15 is 0 Å². The number of aliphatic carboxylic acids is 1. The molecule has 1 amide bonds. The van der Waals surface area contributed by atoms with Gasteiger partial charge < -0.3 is 25.4 Å². The Hall–Kier alpha value is -2.62. The molecule has 10 nitrogen and oxygen atoms in total. The number of hydrogen-bond donors (Lipinski definition) is 2. The van der Waals surface area contributed by atoms with E-state index in [-0.39, 0.29) is 36.1 Å². The van der Waals surface area contributed by atoms with Crippen LogP contribution in [0.25, 0.3) is 0 Å². The van der Waals surface area contributed by atoms with Crippen LogP contribution in [0.4, 0.5) is 16.6 Å². The molecular formula is C25H38N6O4. The zero-order chi connectivity index (χ0) is 24.4. The van der Waals surface area contributed by atoms with E-state index in [0.717, 1.165) is 96.3 Å². The fourth-order valence-corrected chi connectivity index (χ4v) is 6.64. The molecule has 192 valence electrons. The van der Waals surface area contributed by atoms with Crippen molar-refractivity contribution in [1.29, 1.82) is 0 Å². The molecule has 1 aromatic heterocycles. The molecule has 1 saturated carbocycles. The van der Waals surface area contributed by atoms with Gasteiger partial charge in [0.25, 0.3) is 0 Å². The number of carboxylic acid groups (broad SMARTS) is 1. The van der Waals surface area contributed by atoms with Crippen LogP contribution in [0.5, 0.6) is 0 Å². The quantitative estimate of drug-likeness (QED) is 0.598. The highest BCUT2D eigenvalue weighted by molar-refractivity contribution is 5.71. The van der Waals surface area contributed by atoms with Crippen molar-refractivity contribution in [3.63, 3.8) is 0 Å². The van der Waals surface area contributed by atoms with Gasteiger partial charge in [-0.1, -0.05) is 6.42 Å². The summed E-state index contributed by atoms with van der Waals surface area (Å²) in [6.45, 7) is 4.42. The van der Waals surface area contributed by atoms with Crippen LogP contribution in [0.3, 0.4) is 0 Å². The topological polar surface area (TPSA) is 125 Å². The summed E-state index contributed by atoms with van der Waals surface area (Å²) >= 11 is 0. The Morgan fingerprint density at radius 3 is 2.60 bits per heavy atom. The average molecular weight is 487 g/mol. The second-order valence-electron chi connectivity index (χ2n) is 10.6. The van der Waals surface area contributed by atoms with Crippen LogP contribution >= 0.6 is 0 Å². The van der Waals surface area contributed by atoms with Gasteiger partial charge in [0, 0.05) is 25.3 Å². The van der Waals surface area contributed by atoms with E-state index in [9.17, 15) is 14.7 Å². The summed E-state index contributed by atoms with van der Waals surface area (Å²) in [5.74, 6) is 0.717. The minimum atomic E-state index is -0.657. The van der Waals surface area contributed by atoms with Crippen LogP contribution in [-0.2, 0) is 9.53 Å². The minimum Gasteiger partial charge on any atom is -0.481 e. The molecule has 3 N–H and O–H groups in total. The number of likely N-dealkylation sites (tertiary alicyclic amines) is 1. The number of carbonyl (C=O) groups excluding carboxylic acids is 1. The molecule has 1 aliphatic carbocycles. The molecule has 0 spiro atoms. The highest BCUT2D eigenvalue weighted by atomic mass is 16.6. The lowest BCUT2D eigenvalue weighted by molar-refractivity contribution is -0.143. The lowest BCUT2D eigenvalue weighted by Gasteiger charge is -2.41. The molecule has 4 aliphatic rings. The summed E-state index contributed by atoms with van der Waals surface area (Å²) < 4.78 is 6.01. The van der Waals surface area contributed by atoms with Crippen molar-refractivity contribution in [2.24, 2.45) is 11.8 Å². The van der Waals surface area contributed by atoms with Gasteiger partial charge in [0.05, 0.1) is 12.0 Å². The van der Waals surface area contributed by atoms with Gasteiger partial charge in [-0.3, -0.25) is 9.69 Å². The summed E-state index contributed by atoms with van der Waals surface area (Å²) in [7, 11) is 0. The Kier molecular flexibility index (Phi) is 7.27. The summed E-state index contributed by atoms with van der Waals surface area (Å²) in [5.41, 5.74) is 5.75. The van der Waals surface area contributed by atoms with Gasteiger partial charge in [0.1, 0.15) is 11.9 Å². The Bertz CT molecular complexity index is 900. The maximum absolute atomic E-state index is 13.0. The van der Waals surface area contributed by atoms with E-state index < -0.39 is 5.97 Å². The molecule has 1 aromatic rings. The molecule has 0 bridgehead atoms. The fraction of sp³-hybridized carbons (Fsp3) is 0.760. The van der Waals surface area contributed by atoms with Gasteiger partial charge in [-0.15, -0.1) is 0 Å². The molecule has 5 rings (SSSR count). The minimum absolute atomic E-state index is 0.00805. The van der Waals surface area contributed by atoms with Crippen molar-refractivity contribution >= 4 is 23.8 Å². The van der Waals surface area contributed by atoms with E-state index in [2.05, 4.69) is 24.7 Å². The lowest BCUT2D eigenvalue weighted by Crippen LogP contribution is -2.51. The van der Waals surface area contributed by atoms with Crippen molar-refractivity contribution < 1.29 is 19.4 Å². The molecule has 3 saturated heterocycles. The first-order valence-corrected chi connectivity index (χ1v) is 13.3. The number of nitrogen functional groups attached to an aromatic ring is 1. The third kappa shape index (κ3) is 5.32. The molecule has 3 aliphatic heterocycles. The van der Waals surface area contributed by atoms with Crippen LogP contribution in [-0.4, -0.2) is 87.8 Å². The zero-order valence-corrected chi connectivity index (χ0v) is 20.4. The highest BCUT2D eigenvalue weighted by Crippen LogP contribution is 2.40. The first kappa shape index (κ1) is 24.1. The van der Waals surface area contributed by atoms with E-state index in [0.29, 0.717) is 5.92 Å². The molecule has 35 heavy (non-hydrogen) atoms. The van der Waals surface area contributed by atoms with Crippen molar-refractivity contribution in [2.45, 2.75) is 76.0 Å². The van der Waals surface area contributed by atoms with E-state index in [1.54, 1.807) is 6.20 Å². The smallest absolute Gasteiger partial charge is 0.410 e. The van der Waals surface area contributed by atoms with Gasteiger partial charge in [-0.25, -0.2) is 9.78 Å². The fourth-order valence-electron chi connectivity index (χ4n) is 6.64. The number of amides is 1. The summed E-state index contributed by atoms with van der Waals surface area (Å²) in [6.07, 6.45) is 10.3. The molecule has 3 unspecified atom stereocenters. The standard InChI is InChI=1S/C25H38N6O4/c26-24-27-11-6-21(28-24)30-15-9-19(10-16-30)31-20-5-1-3-17(22(20)35-25(31)34)4-2-12-29-13-7-18(8-14-29)23(32)33/h6,11,17-20,22H,1-5,7-10,12-16H2,(H,32,33)(H2,26,27,28). The highest BCUT2D eigenvalue weighted by Gasteiger charge is 2.49. The largest absolute Gasteiger partial charge is 0.481 e. The number of anilines is 2. The van der Waals surface area contributed by atoms with Crippen LogP contribution in [0.1, 0.15) is 57.8 Å². The number of rotatable bonds is 7. The van der Waals surface area contributed by atoms with E-state index in [4.69, 9.17) is 10.5 Å². The van der Waals surface area contributed by atoms with Crippen molar-refractivity contribution in [1.82, 2.24) is 19.8 Å². The summed E-state index contributed by atoms with van der Waals surface area (Å²) in [5, 5.41) is 9.19. The first-order chi connectivity index (χ1) is 17.0. The molecule has 4 fully saturated rings. The third-order valence-electron chi connectivity index (χ3n) is 8.55. The maximum Gasteiger partial charge on any atom is 0.410 e. The lowest BCUT2D eigenvalue weighted by atomic mass is 9.79. The SMILES string of the molecule is Nc1nccc(N2CCC(N3C(=O)OC4C(CCCN5CCC(C(=O)O)CC5)CCCC43)CC2)n1. The zero-order valence-electron chi connectivity index (χ0n) is 20.4. The monoisotopic (exact) mass is 486 g/mol. The van der Waals surface area contributed by atoms with Crippen LogP contribution in [0.15, 0.2) is 12.3 Å². The Labute approximate surface area is 206 Å². The molecular weight excluding hydrogens is 448 g/mol. The van der Waals surface area contributed by atoms with E-state index in [1.165, 1.54) is 0 Å². The number of nitrogens with two attached hydrogens (primary N) is 1. The molecule has 0 aromatic carbocycles. The second-order valence-corrected chi connectivity index (χ2v) is 10.6. The third-order valence-corrected chi connectivity index (χ3v) is 8.55. The number of piperidine rings is 2. The van der Waals surface area contributed by atoms with Gasteiger partial charge in [0.15, 0.2) is 0 Å². The number of aromatic nitrogens is 2. The predicted octanol–water partition coefficient (Wildman–Crippen LogP) is 2.59. The van der Waals surface area contributed by atoms with Crippen LogP contribution in [0.2, 0.25) is 0 Å². The number of nitrogens with zero attached hydrogens (tertiary/aromatic N) is 5. The van der Waals surface area contributed by atoms with Gasteiger partial charge in [-0.2, -0.15) is 4.98 Å². The van der Waals surface area contributed by atoms with E-state index in [1.807, 2.05) is 6.07 Å². The van der Waals surface area contributed by atoms with Crippen molar-refractivity contribution in [3.8, 4) is 0 Å². The van der Waals surface area contributed by atoms with Crippen LogP contribution < -0.4 is 10.6 Å². The Balaban J connectivity index is 1.11. The Morgan fingerprint density at radius 2 is 1.89 bits per heavy atom. The Morgan fingerprint density at radius 1 is 1.11 bits per heavy atom. The number of fused-ring (bicyclic) bond motifs is 1. The predicted molar refractivity (Wildman–Crippen MR) is 131 cm³/mol. The van der Waals surface area contributed by atoms with Gasteiger partial charge in [0.2, 0.25) is 5.95 Å². The number of ether oxygens (including phenoxy) is 1. The number of carboxylic acids is 1. The number of carbonyl (C=O) groups is 2. The average Bonchev–Trinajstić information content (AvgIpc) is 3.21. The normalized spacial score (nSPS) is 28.7. The summed E-state index contributed by atoms with van der Waals surface area (Å²) in [6, 6.07) is 2.29. The molecule has 3 atom stereocenters. The molecule has 4 heterocycles. The van der Waals surface area contributed by atoms with Gasteiger partial charge >= 0.3 is 12.1 Å². The maximum atomic E-state index is 13.0.